The van der Waals surface area contributed by atoms with Gasteiger partial charge in [0.2, 0.25) is 0 Å². The number of thiazole rings is 1. The van der Waals surface area contributed by atoms with Gasteiger partial charge in [0.15, 0.2) is 5.13 Å². The second-order valence-corrected chi connectivity index (χ2v) is 9.87. The number of nitrogens with one attached hydrogen (secondary N) is 2. The summed E-state index contributed by atoms with van der Waals surface area (Å²) in [4.78, 5) is 17.6. The highest BCUT2D eigenvalue weighted by atomic mass is 32.2. The molecule has 6 nitrogen and oxygen atoms in total. The van der Waals surface area contributed by atoms with E-state index < -0.39 is 15.9 Å². The standard InChI is InChI=1S/C24H21N3O3S2/c1-16-8-11-19(12-9-16)32(29,30)27-21-14-17(2)10-13-20(21)23(28)26-24-25-22(15-31-24)18-6-4-3-5-7-18/h3-15,27H,1-2H3,(H,25,26,28). The molecule has 4 rings (SSSR count). The molecule has 162 valence electrons. The molecule has 3 aromatic carbocycles. The third-order valence-corrected chi connectivity index (χ3v) is 6.93. The molecule has 2 N–H and O–H groups in total. The van der Waals surface area contributed by atoms with Crippen LogP contribution < -0.4 is 10.0 Å². The Labute approximate surface area is 191 Å². The zero-order chi connectivity index (χ0) is 22.7. The van der Waals surface area contributed by atoms with Crippen LogP contribution in [0.1, 0.15) is 21.5 Å². The van der Waals surface area contributed by atoms with E-state index in [0.29, 0.717) is 5.13 Å². The number of hydrogen-bond acceptors (Lipinski definition) is 5. The first-order valence-electron chi connectivity index (χ1n) is 9.84. The van der Waals surface area contributed by atoms with Gasteiger partial charge in [-0.1, -0.05) is 54.1 Å². The minimum Gasteiger partial charge on any atom is -0.298 e. The summed E-state index contributed by atoms with van der Waals surface area (Å²) in [5, 5.41) is 5.07. The molecule has 8 heteroatoms. The average Bonchev–Trinajstić information content (AvgIpc) is 3.23. The average molecular weight is 464 g/mol. The van der Waals surface area contributed by atoms with Gasteiger partial charge in [-0.2, -0.15) is 0 Å². The molecule has 0 aliphatic heterocycles. The van der Waals surface area contributed by atoms with E-state index in [1.807, 2.05) is 49.6 Å². The highest BCUT2D eigenvalue weighted by molar-refractivity contribution is 7.92. The van der Waals surface area contributed by atoms with Crippen molar-refractivity contribution in [2.45, 2.75) is 18.7 Å². The fraction of sp³-hybridized carbons (Fsp3) is 0.0833. The Kier molecular flexibility index (Phi) is 6.07. The fourth-order valence-electron chi connectivity index (χ4n) is 3.10. The summed E-state index contributed by atoms with van der Waals surface area (Å²) in [5.74, 6) is -0.444. The Morgan fingerprint density at radius 1 is 0.906 bits per heavy atom. The van der Waals surface area contributed by atoms with Crippen LogP contribution in [0.4, 0.5) is 10.8 Å². The van der Waals surface area contributed by atoms with Crippen LogP contribution in [0.25, 0.3) is 11.3 Å². The molecule has 0 unspecified atom stereocenters. The van der Waals surface area contributed by atoms with Gasteiger partial charge in [-0.25, -0.2) is 13.4 Å². The van der Waals surface area contributed by atoms with Crippen molar-refractivity contribution >= 4 is 38.1 Å². The van der Waals surface area contributed by atoms with Gasteiger partial charge < -0.3 is 0 Å². The van der Waals surface area contributed by atoms with Crippen molar-refractivity contribution in [2.75, 3.05) is 10.0 Å². The second-order valence-electron chi connectivity index (χ2n) is 7.33. The van der Waals surface area contributed by atoms with Gasteiger partial charge in [-0.15, -0.1) is 11.3 Å². The van der Waals surface area contributed by atoms with Crippen LogP contribution >= 0.6 is 11.3 Å². The highest BCUT2D eigenvalue weighted by Gasteiger charge is 2.20. The SMILES string of the molecule is Cc1ccc(S(=O)(=O)Nc2cc(C)ccc2C(=O)Nc2nc(-c3ccccc3)cs2)cc1. The molecule has 0 aliphatic rings. The van der Waals surface area contributed by atoms with E-state index in [2.05, 4.69) is 15.0 Å². The molecule has 1 amide bonds. The van der Waals surface area contributed by atoms with E-state index in [4.69, 9.17) is 0 Å². The lowest BCUT2D eigenvalue weighted by Crippen LogP contribution is -2.19. The van der Waals surface area contributed by atoms with Crippen LogP contribution in [0, 0.1) is 13.8 Å². The van der Waals surface area contributed by atoms with Crippen molar-refractivity contribution < 1.29 is 13.2 Å². The molecule has 32 heavy (non-hydrogen) atoms. The smallest absolute Gasteiger partial charge is 0.261 e. The Morgan fingerprint density at radius 3 is 2.31 bits per heavy atom. The molecule has 4 aromatic rings. The summed E-state index contributed by atoms with van der Waals surface area (Å²) in [6, 6.07) is 21.2. The van der Waals surface area contributed by atoms with Crippen LogP contribution in [0.15, 0.2) is 83.1 Å². The van der Waals surface area contributed by atoms with Crippen LogP contribution in [0.3, 0.4) is 0 Å². The van der Waals surface area contributed by atoms with Crippen molar-refractivity contribution in [3.05, 3.63) is 94.9 Å². The molecule has 0 saturated heterocycles. The predicted molar refractivity (Wildman–Crippen MR) is 129 cm³/mol. The van der Waals surface area contributed by atoms with Crippen LogP contribution in [-0.4, -0.2) is 19.3 Å². The number of rotatable bonds is 6. The number of sulfonamides is 1. The minimum atomic E-state index is -3.85. The van der Waals surface area contributed by atoms with Gasteiger partial charge in [-0.05, 0) is 43.7 Å². The third kappa shape index (κ3) is 4.87. The molecule has 0 spiro atoms. The number of nitrogens with zero attached hydrogens (tertiary/aromatic N) is 1. The van der Waals surface area contributed by atoms with E-state index in [-0.39, 0.29) is 16.1 Å². The van der Waals surface area contributed by atoms with Gasteiger partial charge >= 0.3 is 0 Å². The van der Waals surface area contributed by atoms with Crippen LogP contribution in [-0.2, 0) is 10.0 Å². The number of aryl methyl sites for hydroxylation is 2. The molecule has 1 aromatic heterocycles. The maximum atomic E-state index is 13.0. The van der Waals surface area contributed by atoms with Crippen molar-refractivity contribution in [1.82, 2.24) is 4.98 Å². The van der Waals surface area contributed by atoms with Gasteiger partial charge in [0.05, 0.1) is 21.8 Å². The van der Waals surface area contributed by atoms with Crippen molar-refractivity contribution in [3.63, 3.8) is 0 Å². The van der Waals surface area contributed by atoms with Gasteiger partial charge in [0.1, 0.15) is 0 Å². The second kappa shape index (κ2) is 8.94. The Morgan fingerprint density at radius 2 is 1.59 bits per heavy atom. The van der Waals surface area contributed by atoms with E-state index in [1.165, 1.54) is 23.5 Å². The van der Waals surface area contributed by atoms with Crippen LogP contribution in [0.5, 0.6) is 0 Å². The monoisotopic (exact) mass is 463 g/mol. The molecular weight excluding hydrogens is 442 g/mol. The summed E-state index contributed by atoms with van der Waals surface area (Å²) in [7, 11) is -3.85. The number of amides is 1. The van der Waals surface area contributed by atoms with Crippen molar-refractivity contribution in [1.29, 1.82) is 0 Å². The lowest BCUT2D eigenvalue weighted by atomic mass is 10.1. The number of benzene rings is 3. The topological polar surface area (TPSA) is 88.2 Å². The first-order valence-corrected chi connectivity index (χ1v) is 12.2. The summed E-state index contributed by atoms with van der Waals surface area (Å²) in [6.07, 6.45) is 0. The lowest BCUT2D eigenvalue weighted by molar-refractivity contribution is 0.102. The first kappa shape index (κ1) is 21.7. The number of carbonyl (C=O) groups excluding carboxylic acids is 1. The van der Waals surface area contributed by atoms with Gasteiger partial charge in [-0.3, -0.25) is 14.8 Å². The predicted octanol–water partition coefficient (Wildman–Crippen LogP) is 5.48. The summed E-state index contributed by atoms with van der Waals surface area (Å²) >= 11 is 1.31. The lowest BCUT2D eigenvalue weighted by Gasteiger charge is -2.13. The summed E-state index contributed by atoms with van der Waals surface area (Å²) in [6.45, 7) is 3.72. The Bertz CT molecular complexity index is 1360. The molecule has 0 atom stereocenters. The molecule has 0 bridgehead atoms. The molecular formula is C24H21N3O3S2. The highest BCUT2D eigenvalue weighted by Crippen LogP contribution is 2.27. The number of carbonyl (C=O) groups is 1. The quantitative estimate of drug-likeness (QED) is 0.396. The maximum absolute atomic E-state index is 13.0. The first-order chi connectivity index (χ1) is 15.3. The number of aromatic nitrogens is 1. The minimum absolute atomic E-state index is 0.128. The van der Waals surface area contributed by atoms with Gasteiger partial charge in [0, 0.05) is 10.9 Å². The van der Waals surface area contributed by atoms with E-state index in [0.717, 1.165) is 22.4 Å². The molecule has 0 saturated carbocycles. The van der Waals surface area contributed by atoms with E-state index >= 15 is 0 Å². The van der Waals surface area contributed by atoms with E-state index in [9.17, 15) is 13.2 Å². The number of hydrogen-bond donors (Lipinski definition) is 2. The maximum Gasteiger partial charge on any atom is 0.261 e. The molecule has 0 radical (unpaired) electrons. The Balaban J connectivity index is 1.59. The summed E-state index contributed by atoms with van der Waals surface area (Å²) in [5.41, 5.74) is 3.91. The number of anilines is 2. The molecule has 0 aliphatic carbocycles. The van der Waals surface area contributed by atoms with Crippen LogP contribution in [0.2, 0.25) is 0 Å². The van der Waals surface area contributed by atoms with Crippen molar-refractivity contribution in [3.8, 4) is 11.3 Å². The van der Waals surface area contributed by atoms with Crippen molar-refractivity contribution in [2.24, 2.45) is 0 Å². The third-order valence-electron chi connectivity index (χ3n) is 4.79. The zero-order valence-electron chi connectivity index (χ0n) is 17.5. The Hall–Kier alpha value is -3.49. The summed E-state index contributed by atoms with van der Waals surface area (Å²) < 4.78 is 28.3. The van der Waals surface area contributed by atoms with Gasteiger partial charge in [0.25, 0.3) is 15.9 Å². The largest absolute Gasteiger partial charge is 0.298 e. The molecule has 0 fully saturated rings. The van der Waals surface area contributed by atoms with E-state index in [1.54, 1.807) is 30.3 Å². The normalized spacial score (nSPS) is 11.2. The molecule has 1 heterocycles. The fourth-order valence-corrected chi connectivity index (χ4v) is 4.88. The zero-order valence-corrected chi connectivity index (χ0v) is 19.1.